The molecule has 0 saturated heterocycles. The van der Waals surface area contributed by atoms with Crippen LogP contribution < -0.4 is 5.32 Å². The van der Waals surface area contributed by atoms with Crippen LogP contribution in [0.15, 0.2) is 54.6 Å². The number of amides is 1. The number of rotatable bonds is 3. The zero-order valence-corrected chi connectivity index (χ0v) is 17.2. The van der Waals surface area contributed by atoms with Crippen LogP contribution in [0.4, 0.5) is 5.13 Å². The van der Waals surface area contributed by atoms with Gasteiger partial charge in [0.1, 0.15) is 10.7 Å². The lowest BCUT2D eigenvalue weighted by Crippen LogP contribution is -2.13. The van der Waals surface area contributed by atoms with Crippen molar-refractivity contribution in [3.63, 3.8) is 0 Å². The van der Waals surface area contributed by atoms with Crippen molar-refractivity contribution in [3.8, 4) is 16.9 Å². The van der Waals surface area contributed by atoms with Crippen molar-refractivity contribution < 1.29 is 4.79 Å². The fraction of sp³-hybridized carbons (Fsp3) is 0.136. The second kappa shape index (κ2) is 7.13. The highest BCUT2D eigenvalue weighted by Crippen LogP contribution is 2.38. The van der Waals surface area contributed by atoms with Crippen molar-refractivity contribution >= 4 is 34.0 Å². The number of para-hydroxylation sites is 1. The molecule has 1 aliphatic rings. The molecule has 144 valence electrons. The van der Waals surface area contributed by atoms with E-state index in [4.69, 9.17) is 16.6 Å². The van der Waals surface area contributed by atoms with E-state index in [1.54, 1.807) is 11.6 Å². The number of hydrogen-bond donors (Lipinski definition) is 1. The first kappa shape index (κ1) is 18.1. The zero-order valence-electron chi connectivity index (χ0n) is 15.6. The first-order valence-electron chi connectivity index (χ1n) is 9.31. The normalized spacial score (nSPS) is 12.3. The molecular formula is C22H17ClN4OS. The minimum atomic E-state index is -0.297. The average molecular weight is 421 g/mol. The minimum Gasteiger partial charge on any atom is -0.298 e. The maximum absolute atomic E-state index is 13.0. The van der Waals surface area contributed by atoms with Crippen molar-refractivity contribution in [1.82, 2.24) is 14.8 Å². The van der Waals surface area contributed by atoms with Gasteiger partial charge in [-0.25, -0.2) is 9.67 Å². The van der Waals surface area contributed by atoms with Gasteiger partial charge in [-0.3, -0.25) is 10.1 Å². The number of hydrogen-bond acceptors (Lipinski definition) is 4. The molecule has 0 spiro atoms. The molecule has 2 aromatic heterocycles. The number of aromatic nitrogens is 3. The summed E-state index contributed by atoms with van der Waals surface area (Å²) in [7, 11) is 0. The molecule has 2 heterocycles. The number of nitrogens with one attached hydrogen (secondary N) is 1. The fourth-order valence-corrected chi connectivity index (χ4v) is 4.99. The van der Waals surface area contributed by atoms with Gasteiger partial charge in [0, 0.05) is 10.4 Å². The number of thiazole rings is 1. The molecule has 0 atom stereocenters. The molecule has 5 nitrogen and oxygen atoms in total. The summed E-state index contributed by atoms with van der Waals surface area (Å²) in [5.74, 6) is -0.297. The molecular weight excluding hydrogens is 404 g/mol. The molecule has 4 aromatic rings. The Morgan fingerprint density at radius 2 is 1.86 bits per heavy atom. The van der Waals surface area contributed by atoms with Crippen LogP contribution in [0.25, 0.3) is 16.9 Å². The van der Waals surface area contributed by atoms with Gasteiger partial charge in [-0.1, -0.05) is 54.1 Å². The van der Waals surface area contributed by atoms with Crippen molar-refractivity contribution in [2.45, 2.75) is 19.8 Å². The zero-order chi connectivity index (χ0) is 20.0. The van der Waals surface area contributed by atoms with Gasteiger partial charge >= 0.3 is 0 Å². The maximum atomic E-state index is 13.0. The van der Waals surface area contributed by atoms with Gasteiger partial charge in [0.05, 0.1) is 17.1 Å². The molecule has 0 bridgehead atoms. The molecule has 0 aliphatic heterocycles. The first-order chi connectivity index (χ1) is 14.1. The Labute approximate surface area is 177 Å². The minimum absolute atomic E-state index is 0.290. The summed E-state index contributed by atoms with van der Waals surface area (Å²) in [5.41, 5.74) is 5.16. The van der Waals surface area contributed by atoms with Gasteiger partial charge in [-0.05, 0) is 37.5 Å². The van der Waals surface area contributed by atoms with Crippen molar-refractivity contribution in [1.29, 1.82) is 0 Å². The average Bonchev–Trinajstić information content (AvgIpc) is 3.28. The van der Waals surface area contributed by atoms with Gasteiger partial charge in [0.25, 0.3) is 5.91 Å². The molecule has 0 saturated carbocycles. The number of nitrogens with zero attached hydrogens (tertiary/aromatic N) is 3. The van der Waals surface area contributed by atoms with E-state index in [0.29, 0.717) is 16.4 Å². The third-order valence-electron chi connectivity index (χ3n) is 5.04. The second-order valence-electron chi connectivity index (χ2n) is 6.90. The SMILES string of the molecule is Cc1nn(-c2ccccc2)c(Cl)c1C(=O)Nc1nc2c(s1)CCc1ccccc1-2. The molecule has 0 fully saturated rings. The van der Waals surface area contributed by atoms with Gasteiger partial charge in [0.2, 0.25) is 0 Å². The van der Waals surface area contributed by atoms with Gasteiger partial charge in [0.15, 0.2) is 5.13 Å². The third-order valence-corrected chi connectivity index (χ3v) is 6.42. The molecule has 1 N–H and O–H groups in total. The van der Waals surface area contributed by atoms with Crippen LogP contribution in [-0.4, -0.2) is 20.7 Å². The van der Waals surface area contributed by atoms with Crippen LogP contribution in [0.3, 0.4) is 0 Å². The summed E-state index contributed by atoms with van der Waals surface area (Å²) in [6, 6.07) is 17.8. The van der Waals surface area contributed by atoms with E-state index in [0.717, 1.165) is 29.8 Å². The summed E-state index contributed by atoms with van der Waals surface area (Å²) >= 11 is 8.04. The van der Waals surface area contributed by atoms with Gasteiger partial charge in [-0.2, -0.15) is 5.10 Å². The van der Waals surface area contributed by atoms with Crippen molar-refractivity contribution in [2.24, 2.45) is 0 Å². The number of benzene rings is 2. The summed E-state index contributed by atoms with van der Waals surface area (Å²) in [5, 5.41) is 8.24. The second-order valence-corrected chi connectivity index (χ2v) is 8.34. The molecule has 7 heteroatoms. The highest BCUT2D eigenvalue weighted by atomic mass is 35.5. The Kier molecular flexibility index (Phi) is 4.45. The molecule has 0 radical (unpaired) electrons. The third kappa shape index (κ3) is 3.14. The van der Waals surface area contributed by atoms with E-state index in [1.165, 1.54) is 21.8 Å². The van der Waals surface area contributed by atoms with Crippen molar-refractivity contribution in [3.05, 3.63) is 81.4 Å². The van der Waals surface area contributed by atoms with Crippen LogP contribution in [0.1, 0.15) is 26.5 Å². The number of halogens is 1. The Morgan fingerprint density at radius 1 is 1.10 bits per heavy atom. The van der Waals surface area contributed by atoms with Gasteiger partial charge < -0.3 is 0 Å². The Balaban J connectivity index is 1.46. The van der Waals surface area contributed by atoms with Crippen LogP contribution in [0.5, 0.6) is 0 Å². The summed E-state index contributed by atoms with van der Waals surface area (Å²) < 4.78 is 1.58. The van der Waals surface area contributed by atoms with Crippen LogP contribution in [0, 0.1) is 6.92 Å². The molecule has 29 heavy (non-hydrogen) atoms. The van der Waals surface area contributed by atoms with Crippen LogP contribution >= 0.6 is 22.9 Å². The first-order valence-corrected chi connectivity index (χ1v) is 10.5. The maximum Gasteiger partial charge on any atom is 0.262 e. The summed E-state index contributed by atoms with van der Waals surface area (Å²) in [4.78, 5) is 18.9. The van der Waals surface area contributed by atoms with Crippen molar-refractivity contribution in [2.75, 3.05) is 5.32 Å². The lowest BCUT2D eigenvalue weighted by atomic mass is 9.94. The predicted octanol–water partition coefficient (Wildman–Crippen LogP) is 5.31. The number of anilines is 1. The lowest BCUT2D eigenvalue weighted by Gasteiger charge is -2.13. The lowest BCUT2D eigenvalue weighted by molar-refractivity contribution is 0.102. The highest BCUT2D eigenvalue weighted by Gasteiger charge is 2.24. The Bertz CT molecular complexity index is 1230. The smallest absolute Gasteiger partial charge is 0.262 e. The standard InChI is InChI=1S/C22H17ClN4OS/c1-13-18(20(23)27(26-13)15-8-3-2-4-9-15)21(28)25-22-24-19-16-10-6-5-7-14(16)11-12-17(19)29-22/h2-10H,11-12H2,1H3,(H,24,25,28). The predicted molar refractivity (Wildman–Crippen MR) is 116 cm³/mol. The summed E-state index contributed by atoms with van der Waals surface area (Å²) in [6.45, 7) is 1.78. The number of carbonyl (C=O) groups excluding carboxylic acids is 1. The number of aryl methyl sites for hydroxylation is 3. The van der Waals surface area contributed by atoms with E-state index in [2.05, 4.69) is 22.5 Å². The van der Waals surface area contributed by atoms with E-state index >= 15 is 0 Å². The Hall–Kier alpha value is -2.96. The molecule has 5 rings (SSSR count). The Morgan fingerprint density at radius 3 is 2.69 bits per heavy atom. The van der Waals surface area contributed by atoms with Crippen LogP contribution in [0.2, 0.25) is 5.15 Å². The van der Waals surface area contributed by atoms with E-state index < -0.39 is 0 Å². The van der Waals surface area contributed by atoms with E-state index in [1.807, 2.05) is 42.5 Å². The molecule has 1 aliphatic carbocycles. The summed E-state index contributed by atoms with van der Waals surface area (Å²) in [6.07, 6.45) is 1.93. The van der Waals surface area contributed by atoms with E-state index in [9.17, 15) is 4.79 Å². The molecule has 2 aromatic carbocycles. The molecule has 1 amide bonds. The molecule has 0 unspecified atom stereocenters. The van der Waals surface area contributed by atoms with E-state index in [-0.39, 0.29) is 11.1 Å². The highest BCUT2D eigenvalue weighted by molar-refractivity contribution is 7.16. The topological polar surface area (TPSA) is 59.8 Å². The van der Waals surface area contributed by atoms with Gasteiger partial charge in [-0.15, -0.1) is 11.3 Å². The monoisotopic (exact) mass is 420 g/mol. The van der Waals surface area contributed by atoms with Crippen LogP contribution in [-0.2, 0) is 12.8 Å². The fourth-order valence-electron chi connectivity index (χ4n) is 3.66. The number of fused-ring (bicyclic) bond motifs is 3. The number of carbonyl (C=O) groups is 1. The largest absolute Gasteiger partial charge is 0.298 e. The quantitative estimate of drug-likeness (QED) is 0.488.